The molecule has 0 amide bonds. The lowest BCUT2D eigenvalue weighted by atomic mass is 9.64. The molecule has 0 saturated carbocycles. The summed E-state index contributed by atoms with van der Waals surface area (Å²) in [4.78, 5) is 12.3. The molecule has 0 saturated heterocycles. The average molecular weight is 266 g/mol. The lowest BCUT2D eigenvalue weighted by molar-refractivity contribution is -0.116. The number of fused-ring (bicyclic) bond motifs is 2. The molecule has 1 aromatic rings. The van der Waals surface area contributed by atoms with Gasteiger partial charge < -0.3 is 0 Å². The molecule has 2 atom stereocenters. The van der Waals surface area contributed by atoms with Crippen molar-refractivity contribution in [2.75, 3.05) is 0 Å². The van der Waals surface area contributed by atoms with Gasteiger partial charge in [-0.1, -0.05) is 47.6 Å². The zero-order valence-electron chi connectivity index (χ0n) is 12.4. The first-order valence-corrected chi connectivity index (χ1v) is 7.51. The predicted molar refractivity (Wildman–Crippen MR) is 82.4 cm³/mol. The van der Waals surface area contributed by atoms with Crippen LogP contribution < -0.4 is 0 Å². The third kappa shape index (κ3) is 2.37. The SMILES string of the molecule is CC1=CC(=O)C[C@]2(Cc3ccccc3)C[C@H]1CC=C2C. The molecule has 104 valence electrons. The van der Waals surface area contributed by atoms with Gasteiger partial charge in [-0.3, -0.25) is 4.79 Å². The van der Waals surface area contributed by atoms with Crippen LogP contribution in [0.15, 0.2) is 53.6 Å². The van der Waals surface area contributed by atoms with Gasteiger partial charge in [-0.15, -0.1) is 0 Å². The molecule has 0 N–H and O–H groups in total. The Bertz CT molecular complexity index is 579. The maximum atomic E-state index is 12.3. The second-order valence-electron chi connectivity index (χ2n) is 6.50. The van der Waals surface area contributed by atoms with Crippen LogP contribution in [0.25, 0.3) is 0 Å². The largest absolute Gasteiger partial charge is 0.295 e. The number of benzene rings is 1. The summed E-state index contributed by atoms with van der Waals surface area (Å²) < 4.78 is 0. The minimum absolute atomic E-state index is 0.0373. The number of hydrogen-bond donors (Lipinski definition) is 0. The van der Waals surface area contributed by atoms with Crippen molar-refractivity contribution < 1.29 is 4.79 Å². The Hall–Kier alpha value is -1.63. The van der Waals surface area contributed by atoms with Crippen molar-refractivity contribution in [1.82, 2.24) is 0 Å². The van der Waals surface area contributed by atoms with Crippen molar-refractivity contribution in [1.29, 1.82) is 0 Å². The highest BCUT2D eigenvalue weighted by Gasteiger charge is 2.41. The van der Waals surface area contributed by atoms with Gasteiger partial charge in [-0.25, -0.2) is 0 Å². The quantitative estimate of drug-likeness (QED) is 0.721. The number of ketones is 1. The molecule has 0 aliphatic heterocycles. The fourth-order valence-electron chi connectivity index (χ4n) is 3.83. The second-order valence-corrected chi connectivity index (χ2v) is 6.50. The van der Waals surface area contributed by atoms with Gasteiger partial charge >= 0.3 is 0 Å². The fourth-order valence-corrected chi connectivity index (χ4v) is 3.83. The number of carbonyl (C=O) groups excluding carboxylic acids is 1. The third-order valence-electron chi connectivity index (χ3n) is 5.11. The monoisotopic (exact) mass is 266 g/mol. The number of carbonyl (C=O) groups is 1. The van der Waals surface area contributed by atoms with E-state index in [1.807, 2.05) is 6.08 Å². The van der Waals surface area contributed by atoms with Crippen molar-refractivity contribution in [3.63, 3.8) is 0 Å². The van der Waals surface area contributed by atoms with Crippen molar-refractivity contribution in [3.05, 3.63) is 59.2 Å². The van der Waals surface area contributed by atoms with E-state index < -0.39 is 0 Å². The Morgan fingerprint density at radius 1 is 1.20 bits per heavy atom. The van der Waals surface area contributed by atoms with E-state index in [2.05, 4.69) is 50.3 Å². The van der Waals surface area contributed by atoms with E-state index in [0.29, 0.717) is 18.1 Å². The maximum absolute atomic E-state index is 12.3. The number of hydrogen-bond acceptors (Lipinski definition) is 1. The summed E-state index contributed by atoms with van der Waals surface area (Å²) in [5.41, 5.74) is 4.06. The summed E-state index contributed by atoms with van der Waals surface area (Å²) in [6, 6.07) is 10.6. The van der Waals surface area contributed by atoms with Gasteiger partial charge in [-0.2, -0.15) is 0 Å². The Morgan fingerprint density at radius 3 is 2.70 bits per heavy atom. The molecule has 20 heavy (non-hydrogen) atoms. The predicted octanol–water partition coefficient (Wildman–Crippen LogP) is 4.49. The van der Waals surface area contributed by atoms with Crippen LogP contribution in [-0.2, 0) is 11.2 Å². The van der Waals surface area contributed by atoms with Gasteiger partial charge in [0.25, 0.3) is 0 Å². The normalized spacial score (nSPS) is 29.5. The van der Waals surface area contributed by atoms with Gasteiger partial charge in [0.1, 0.15) is 0 Å². The summed E-state index contributed by atoms with van der Waals surface area (Å²) in [6.45, 7) is 4.34. The lowest BCUT2D eigenvalue weighted by Gasteiger charge is -2.40. The van der Waals surface area contributed by atoms with Crippen LogP contribution in [0, 0.1) is 11.3 Å². The first-order valence-electron chi connectivity index (χ1n) is 7.51. The average Bonchev–Trinajstić information content (AvgIpc) is 2.51. The molecular weight excluding hydrogens is 244 g/mol. The summed E-state index contributed by atoms with van der Waals surface area (Å²) in [5.74, 6) is 0.851. The molecule has 0 heterocycles. The standard InChI is InChI=1S/C19H22O/c1-14-10-18(20)13-19(11-16-6-4-3-5-7-16)12-17(14)9-8-15(19)2/h3-8,10,17H,9,11-13H2,1-2H3/t17-,19+/m1/s1. The minimum Gasteiger partial charge on any atom is -0.295 e. The first kappa shape index (κ1) is 13.4. The van der Waals surface area contributed by atoms with Crippen LogP contribution in [0.1, 0.15) is 38.7 Å². The van der Waals surface area contributed by atoms with Gasteiger partial charge in [0, 0.05) is 11.8 Å². The van der Waals surface area contributed by atoms with Gasteiger partial charge in [0.15, 0.2) is 5.78 Å². The van der Waals surface area contributed by atoms with E-state index in [9.17, 15) is 4.79 Å². The molecule has 3 rings (SSSR count). The van der Waals surface area contributed by atoms with Crippen LogP contribution >= 0.6 is 0 Å². The fraction of sp³-hybridized carbons (Fsp3) is 0.421. The molecule has 0 unspecified atom stereocenters. The Labute approximate surface area is 121 Å². The number of rotatable bonds is 2. The van der Waals surface area contributed by atoms with Gasteiger partial charge in [0.05, 0.1) is 0 Å². The molecule has 0 fully saturated rings. The highest BCUT2D eigenvalue weighted by atomic mass is 16.1. The van der Waals surface area contributed by atoms with Crippen LogP contribution in [0.2, 0.25) is 0 Å². The molecule has 2 bridgehead atoms. The van der Waals surface area contributed by atoms with Crippen molar-refractivity contribution in [2.24, 2.45) is 11.3 Å². The highest BCUT2D eigenvalue weighted by molar-refractivity contribution is 5.91. The summed E-state index contributed by atoms with van der Waals surface area (Å²) in [6.07, 6.45) is 8.13. The molecule has 1 heteroatoms. The number of allylic oxidation sites excluding steroid dienone is 4. The molecule has 2 aliphatic carbocycles. The summed E-state index contributed by atoms with van der Waals surface area (Å²) in [7, 11) is 0. The Morgan fingerprint density at radius 2 is 1.95 bits per heavy atom. The van der Waals surface area contributed by atoms with Gasteiger partial charge in [0.2, 0.25) is 0 Å². The Kier molecular flexibility index (Phi) is 3.37. The third-order valence-corrected chi connectivity index (χ3v) is 5.11. The van der Waals surface area contributed by atoms with Crippen molar-refractivity contribution in [3.8, 4) is 0 Å². The minimum atomic E-state index is 0.0373. The van der Waals surface area contributed by atoms with Crippen LogP contribution in [0.3, 0.4) is 0 Å². The zero-order chi connectivity index (χ0) is 14.2. The second kappa shape index (κ2) is 5.05. The molecule has 2 aliphatic rings. The molecule has 1 aromatic carbocycles. The molecule has 0 spiro atoms. The van der Waals surface area contributed by atoms with E-state index in [1.165, 1.54) is 16.7 Å². The van der Waals surface area contributed by atoms with Gasteiger partial charge in [-0.05, 0) is 50.7 Å². The van der Waals surface area contributed by atoms with Crippen molar-refractivity contribution >= 4 is 5.78 Å². The van der Waals surface area contributed by atoms with Crippen LogP contribution in [0.4, 0.5) is 0 Å². The van der Waals surface area contributed by atoms with Crippen LogP contribution in [0.5, 0.6) is 0 Å². The van der Waals surface area contributed by atoms with Crippen molar-refractivity contribution in [2.45, 2.75) is 39.5 Å². The Balaban J connectivity index is 1.98. The van der Waals surface area contributed by atoms with E-state index in [4.69, 9.17) is 0 Å². The smallest absolute Gasteiger partial charge is 0.156 e. The summed E-state index contributed by atoms with van der Waals surface area (Å²) >= 11 is 0. The highest BCUT2D eigenvalue weighted by Crippen LogP contribution is 2.49. The van der Waals surface area contributed by atoms with E-state index in [1.54, 1.807) is 0 Å². The maximum Gasteiger partial charge on any atom is 0.156 e. The lowest BCUT2D eigenvalue weighted by Crippen LogP contribution is -2.32. The van der Waals surface area contributed by atoms with E-state index in [-0.39, 0.29) is 5.41 Å². The first-order chi connectivity index (χ1) is 9.59. The molecule has 1 nitrogen and oxygen atoms in total. The van der Waals surface area contributed by atoms with E-state index >= 15 is 0 Å². The van der Waals surface area contributed by atoms with E-state index in [0.717, 1.165) is 19.3 Å². The topological polar surface area (TPSA) is 17.1 Å². The molecular formula is C19H22O. The molecule has 0 radical (unpaired) electrons. The van der Waals surface area contributed by atoms with Crippen LogP contribution in [-0.4, -0.2) is 5.78 Å². The summed E-state index contributed by atoms with van der Waals surface area (Å²) in [5, 5.41) is 0. The zero-order valence-corrected chi connectivity index (χ0v) is 12.4. The molecule has 0 aromatic heterocycles.